The van der Waals surface area contributed by atoms with E-state index in [0.717, 1.165) is 19.3 Å². The number of rotatable bonds is 19. The number of amides is 3. The third kappa shape index (κ3) is 13.1. The first kappa shape index (κ1) is 35.6. The molecule has 1 unspecified atom stereocenters. The van der Waals surface area contributed by atoms with Crippen molar-refractivity contribution in [3.8, 4) is 11.8 Å². The summed E-state index contributed by atoms with van der Waals surface area (Å²) in [5.74, 6) is -1.41. The van der Waals surface area contributed by atoms with Gasteiger partial charge in [-0.3, -0.25) is 4.79 Å². The molecule has 236 valence electrons. The predicted molar refractivity (Wildman–Crippen MR) is 174 cm³/mol. The van der Waals surface area contributed by atoms with Gasteiger partial charge in [-0.05, 0) is 48.7 Å². The first-order valence-electron chi connectivity index (χ1n) is 15.5. The second kappa shape index (κ2) is 18.9. The van der Waals surface area contributed by atoms with Crippen molar-refractivity contribution in [3.05, 3.63) is 48.0 Å². The summed E-state index contributed by atoms with van der Waals surface area (Å²) in [6.45, 7) is 5.64. The third-order valence-electron chi connectivity index (χ3n) is 7.32. The minimum absolute atomic E-state index is 0.0385. The number of hydrogen-bond donors (Lipinski definition) is 4. The van der Waals surface area contributed by atoms with Crippen molar-refractivity contribution in [3.63, 3.8) is 0 Å². The number of carbonyl (C=O) groups excluding carboxylic acids is 2. The van der Waals surface area contributed by atoms with E-state index in [2.05, 4.69) is 22.9 Å². The monoisotopic (exact) mass is 612 g/mol. The summed E-state index contributed by atoms with van der Waals surface area (Å²) in [4.78, 5) is 25.4. The van der Waals surface area contributed by atoms with Crippen LogP contribution in [0, 0.1) is 17.2 Å². The number of nitrogens with one attached hydrogen (secondary N) is 3. The molecule has 1 atom stereocenters. The highest BCUT2D eigenvalue weighted by Crippen LogP contribution is 2.28. The van der Waals surface area contributed by atoms with E-state index in [1.54, 1.807) is 38.1 Å². The Balaban J connectivity index is 1.81. The molecule has 0 saturated heterocycles. The number of urea groups is 1. The van der Waals surface area contributed by atoms with Crippen LogP contribution in [-0.4, -0.2) is 36.5 Å². The number of phenols is 1. The van der Waals surface area contributed by atoms with Gasteiger partial charge in [0.1, 0.15) is 11.0 Å². The number of phenolic OH excluding ortho intramolecular Hbond substituents is 1. The second-order valence-electron chi connectivity index (χ2n) is 11.4. The molecule has 4 N–H and O–H groups in total. The molecule has 10 heteroatoms. The molecular weight excluding hydrogens is 564 g/mol. The molecule has 2 aromatic carbocycles. The zero-order valence-corrected chi connectivity index (χ0v) is 26.6. The van der Waals surface area contributed by atoms with Crippen molar-refractivity contribution in [1.82, 2.24) is 0 Å². The Morgan fingerprint density at radius 1 is 0.791 bits per heavy atom. The first-order valence-corrected chi connectivity index (χ1v) is 17.2. The number of hydrogen-bond acceptors (Lipinski definition) is 6. The van der Waals surface area contributed by atoms with E-state index in [0.29, 0.717) is 17.7 Å². The molecule has 0 radical (unpaired) electrons. The Morgan fingerprint density at radius 3 is 1.84 bits per heavy atom. The number of unbranched alkanes of at least 4 members (excludes halogenated alkanes) is 11. The molecule has 0 fully saturated rings. The van der Waals surface area contributed by atoms with Crippen LogP contribution in [0.2, 0.25) is 0 Å². The van der Waals surface area contributed by atoms with Crippen molar-refractivity contribution in [2.45, 2.75) is 103 Å². The van der Waals surface area contributed by atoms with Crippen LogP contribution in [-0.2, 0) is 14.6 Å². The standard InChI is InChI=1S/C33H48N4O5S/c1-4-5-6-7-8-9-10-11-12-13-14-15-22-43(41,42)31(25(2)3)32(39)35-28-20-21-29(30(38)23-28)37-33(40)36-27-18-16-26(24-34)17-19-27/h16-21,23,25,31,38H,4-15,22H2,1-3H3,(H,35,39)(H2,36,37,40). The summed E-state index contributed by atoms with van der Waals surface area (Å²) in [6, 6.07) is 11.8. The van der Waals surface area contributed by atoms with Gasteiger partial charge >= 0.3 is 6.03 Å². The lowest BCUT2D eigenvalue weighted by Gasteiger charge is -2.21. The SMILES string of the molecule is CCCCCCCCCCCCCCS(=O)(=O)C(C(=O)Nc1ccc(NC(=O)Nc2ccc(C#N)cc2)c(O)c1)C(C)C. The average molecular weight is 613 g/mol. The lowest BCUT2D eigenvalue weighted by Crippen LogP contribution is -2.40. The molecule has 0 aliphatic heterocycles. The summed E-state index contributed by atoms with van der Waals surface area (Å²) in [7, 11) is -3.68. The lowest BCUT2D eigenvalue weighted by atomic mass is 10.1. The van der Waals surface area contributed by atoms with E-state index >= 15 is 0 Å². The molecule has 3 amide bonds. The molecule has 9 nitrogen and oxygen atoms in total. The van der Waals surface area contributed by atoms with Gasteiger partial charge in [0.25, 0.3) is 0 Å². The van der Waals surface area contributed by atoms with Crippen molar-refractivity contribution in [2.75, 3.05) is 21.7 Å². The van der Waals surface area contributed by atoms with Crippen LogP contribution in [0.15, 0.2) is 42.5 Å². The van der Waals surface area contributed by atoms with Gasteiger partial charge in [0.05, 0.1) is 23.1 Å². The van der Waals surface area contributed by atoms with Gasteiger partial charge in [-0.1, -0.05) is 91.4 Å². The smallest absolute Gasteiger partial charge is 0.323 e. The van der Waals surface area contributed by atoms with Crippen LogP contribution in [0.1, 0.15) is 103 Å². The zero-order valence-electron chi connectivity index (χ0n) is 25.8. The van der Waals surface area contributed by atoms with Crippen LogP contribution in [0.25, 0.3) is 0 Å². The Hall–Kier alpha value is -3.58. The third-order valence-corrected chi connectivity index (χ3v) is 9.71. The van der Waals surface area contributed by atoms with Crippen LogP contribution in [0.4, 0.5) is 21.9 Å². The fraction of sp³-hybridized carbons (Fsp3) is 0.545. The zero-order chi connectivity index (χ0) is 31.7. The van der Waals surface area contributed by atoms with Crippen LogP contribution >= 0.6 is 0 Å². The van der Waals surface area contributed by atoms with E-state index in [1.807, 2.05) is 6.07 Å². The molecule has 2 rings (SSSR count). The molecule has 0 saturated carbocycles. The van der Waals surface area contributed by atoms with Gasteiger partial charge in [0.2, 0.25) is 5.91 Å². The molecule has 0 heterocycles. The minimum Gasteiger partial charge on any atom is -0.506 e. The van der Waals surface area contributed by atoms with E-state index in [1.165, 1.54) is 69.6 Å². The summed E-state index contributed by atoms with van der Waals surface area (Å²) in [5, 5.41) is 25.8. The summed E-state index contributed by atoms with van der Waals surface area (Å²) in [6.07, 6.45) is 13.7. The Morgan fingerprint density at radius 2 is 1.33 bits per heavy atom. The number of anilines is 3. The lowest BCUT2D eigenvalue weighted by molar-refractivity contribution is -0.116. The number of aromatic hydroxyl groups is 1. The van der Waals surface area contributed by atoms with Gasteiger partial charge in [-0.25, -0.2) is 13.2 Å². The first-order chi connectivity index (χ1) is 20.6. The van der Waals surface area contributed by atoms with Gasteiger partial charge < -0.3 is 21.1 Å². The second-order valence-corrected chi connectivity index (χ2v) is 13.7. The van der Waals surface area contributed by atoms with E-state index in [4.69, 9.17) is 5.26 Å². The number of benzene rings is 2. The maximum Gasteiger partial charge on any atom is 0.323 e. The van der Waals surface area contributed by atoms with Crippen LogP contribution in [0.5, 0.6) is 5.75 Å². The molecule has 2 aromatic rings. The van der Waals surface area contributed by atoms with Crippen LogP contribution < -0.4 is 16.0 Å². The minimum atomic E-state index is -3.68. The Kier molecular flexibility index (Phi) is 15.6. The normalized spacial score (nSPS) is 12.0. The van der Waals surface area contributed by atoms with Crippen molar-refractivity contribution >= 4 is 38.8 Å². The van der Waals surface area contributed by atoms with Crippen LogP contribution in [0.3, 0.4) is 0 Å². The van der Waals surface area contributed by atoms with E-state index in [-0.39, 0.29) is 22.9 Å². The van der Waals surface area contributed by atoms with Gasteiger partial charge in [-0.15, -0.1) is 0 Å². The Bertz CT molecular complexity index is 1300. The molecule has 0 bridgehead atoms. The Labute approximate surface area is 257 Å². The molecule has 0 spiro atoms. The highest BCUT2D eigenvalue weighted by molar-refractivity contribution is 7.92. The molecule has 0 aliphatic rings. The molecule has 0 aromatic heterocycles. The summed E-state index contributed by atoms with van der Waals surface area (Å²) >= 11 is 0. The number of nitriles is 1. The number of carbonyl (C=O) groups is 2. The fourth-order valence-corrected chi connectivity index (χ4v) is 7.07. The molecule has 43 heavy (non-hydrogen) atoms. The number of nitrogens with zero attached hydrogens (tertiary/aromatic N) is 1. The van der Waals surface area contributed by atoms with Crippen molar-refractivity contribution in [2.24, 2.45) is 5.92 Å². The van der Waals surface area contributed by atoms with Gasteiger partial charge in [0.15, 0.2) is 9.84 Å². The summed E-state index contributed by atoms with van der Waals surface area (Å²) < 4.78 is 26.3. The van der Waals surface area contributed by atoms with E-state index < -0.39 is 32.9 Å². The average Bonchev–Trinajstić information content (AvgIpc) is 2.95. The highest BCUT2D eigenvalue weighted by Gasteiger charge is 2.35. The van der Waals surface area contributed by atoms with Gasteiger partial charge in [-0.2, -0.15) is 5.26 Å². The highest BCUT2D eigenvalue weighted by atomic mass is 32.2. The topological polar surface area (TPSA) is 148 Å². The maximum absolute atomic E-state index is 13.1. The fourth-order valence-electron chi connectivity index (χ4n) is 4.99. The van der Waals surface area contributed by atoms with E-state index in [9.17, 15) is 23.1 Å². The maximum atomic E-state index is 13.1. The predicted octanol–water partition coefficient (Wildman–Crippen LogP) is 7.99. The quantitative estimate of drug-likeness (QED) is 0.0933. The van der Waals surface area contributed by atoms with Crippen molar-refractivity contribution < 1.29 is 23.1 Å². The summed E-state index contributed by atoms with van der Waals surface area (Å²) in [5.41, 5.74) is 1.23. The van der Waals surface area contributed by atoms with Crippen molar-refractivity contribution in [1.29, 1.82) is 5.26 Å². The largest absolute Gasteiger partial charge is 0.506 e. The van der Waals surface area contributed by atoms with Gasteiger partial charge in [0, 0.05) is 17.4 Å². The molecule has 0 aliphatic carbocycles. The number of sulfone groups is 1. The molecular formula is C33H48N4O5S.